The van der Waals surface area contributed by atoms with Crippen LogP contribution in [0.15, 0.2) is 53.4 Å². The van der Waals surface area contributed by atoms with Crippen LogP contribution < -0.4 is 9.04 Å². The second kappa shape index (κ2) is 9.86. The van der Waals surface area contributed by atoms with Crippen LogP contribution in [-0.2, 0) is 29.1 Å². The zero-order valence-corrected chi connectivity index (χ0v) is 18.9. The lowest BCUT2D eigenvalue weighted by molar-refractivity contribution is -0.143. The van der Waals surface area contributed by atoms with Crippen LogP contribution in [-0.4, -0.2) is 40.7 Å². The van der Waals surface area contributed by atoms with E-state index in [1.54, 1.807) is 50.2 Å². The highest BCUT2D eigenvalue weighted by Gasteiger charge is 2.44. The first-order valence-electron chi connectivity index (χ1n) is 10.1. The topological polar surface area (TPSA) is 99.2 Å². The number of carbonyl (C=O) groups excluding carboxylic acids is 2. The molecule has 0 saturated heterocycles. The zero-order chi connectivity index (χ0) is 23.3. The van der Waals surface area contributed by atoms with Gasteiger partial charge < -0.3 is 14.2 Å². The summed E-state index contributed by atoms with van der Waals surface area (Å²) < 4.78 is 43.5. The van der Waals surface area contributed by atoms with E-state index in [9.17, 15) is 18.0 Å². The number of hydrogen-bond acceptors (Lipinski definition) is 7. The van der Waals surface area contributed by atoms with Gasteiger partial charge in [0.2, 0.25) is 0 Å². The molecule has 2 aromatic carbocycles. The number of carbonyl (C=O) groups is 2. The minimum absolute atomic E-state index is 0.0700. The van der Waals surface area contributed by atoms with E-state index in [1.165, 1.54) is 29.6 Å². The molecule has 0 radical (unpaired) electrons. The molecule has 170 valence electrons. The first kappa shape index (κ1) is 23.3. The molecule has 9 heteroatoms. The minimum Gasteiger partial charge on any atom is -0.497 e. The van der Waals surface area contributed by atoms with Crippen molar-refractivity contribution in [3.05, 3.63) is 59.7 Å². The minimum atomic E-state index is -3.99. The molecule has 0 fully saturated rings. The third-order valence-electron chi connectivity index (χ3n) is 4.89. The van der Waals surface area contributed by atoms with Crippen LogP contribution in [0.4, 0.5) is 5.69 Å². The van der Waals surface area contributed by atoms with Gasteiger partial charge in [0.1, 0.15) is 5.75 Å². The van der Waals surface area contributed by atoms with Gasteiger partial charge in [-0.15, -0.1) is 0 Å². The van der Waals surface area contributed by atoms with Crippen molar-refractivity contribution in [3.63, 3.8) is 0 Å². The predicted molar refractivity (Wildman–Crippen MR) is 119 cm³/mol. The van der Waals surface area contributed by atoms with E-state index < -0.39 is 28.0 Å². The Morgan fingerprint density at radius 2 is 1.81 bits per heavy atom. The number of esters is 2. The molecule has 0 aliphatic carbocycles. The molecular weight excluding hydrogens is 434 g/mol. The second-order valence-electron chi connectivity index (χ2n) is 6.91. The van der Waals surface area contributed by atoms with Crippen molar-refractivity contribution in [1.82, 2.24) is 0 Å². The largest absolute Gasteiger partial charge is 0.497 e. The third-order valence-corrected chi connectivity index (χ3v) is 6.78. The molecule has 1 heterocycles. The van der Waals surface area contributed by atoms with Crippen molar-refractivity contribution in [2.75, 3.05) is 24.6 Å². The zero-order valence-electron chi connectivity index (χ0n) is 18.1. The Morgan fingerprint density at radius 1 is 1.06 bits per heavy atom. The first-order chi connectivity index (χ1) is 15.3. The summed E-state index contributed by atoms with van der Waals surface area (Å²) in [6.07, 6.45) is 2.58. The Bertz CT molecular complexity index is 1140. The van der Waals surface area contributed by atoms with Crippen molar-refractivity contribution in [2.24, 2.45) is 0 Å². The van der Waals surface area contributed by atoms with E-state index in [2.05, 4.69) is 0 Å². The lowest BCUT2D eigenvalue weighted by Gasteiger charge is -2.25. The summed E-state index contributed by atoms with van der Waals surface area (Å²) in [5.74, 6) is -0.532. The van der Waals surface area contributed by atoms with Crippen molar-refractivity contribution in [1.29, 1.82) is 0 Å². The molecule has 0 bridgehead atoms. The summed E-state index contributed by atoms with van der Waals surface area (Å²) >= 11 is 0. The molecule has 32 heavy (non-hydrogen) atoms. The maximum absolute atomic E-state index is 13.5. The summed E-state index contributed by atoms with van der Waals surface area (Å²) in [6.45, 7) is 3.83. The number of benzene rings is 2. The van der Waals surface area contributed by atoms with Crippen LogP contribution in [0.2, 0.25) is 0 Å². The van der Waals surface area contributed by atoms with Gasteiger partial charge in [-0.1, -0.05) is 18.2 Å². The standard InChI is InChI=1S/C23H25NO7S/c1-4-30-22(25)12-10-16-9-11-19-20(15-23(26)31-5-2)24(32(27,28)21(19)13-16)17-7-6-8-18(14-17)29-3/h6-14,20H,4-5,15H2,1-3H3/b12-10+/t20-/m0/s1. The van der Waals surface area contributed by atoms with Crippen molar-refractivity contribution >= 4 is 33.7 Å². The Labute approximate surface area is 187 Å². The maximum Gasteiger partial charge on any atom is 0.330 e. The van der Waals surface area contributed by atoms with Gasteiger partial charge in [-0.05, 0) is 49.2 Å². The van der Waals surface area contributed by atoms with Crippen LogP contribution in [0, 0.1) is 0 Å². The molecule has 2 aromatic rings. The van der Waals surface area contributed by atoms with Crippen LogP contribution in [0.3, 0.4) is 0 Å². The molecular formula is C23H25NO7S. The van der Waals surface area contributed by atoms with Crippen molar-refractivity contribution < 1.29 is 32.2 Å². The summed E-state index contributed by atoms with van der Waals surface area (Å²) in [7, 11) is -2.49. The van der Waals surface area contributed by atoms with E-state index in [1.807, 2.05) is 0 Å². The Hall–Kier alpha value is -3.33. The number of nitrogens with zero attached hydrogens (tertiary/aromatic N) is 1. The van der Waals surface area contributed by atoms with Gasteiger partial charge in [-0.25, -0.2) is 13.2 Å². The molecule has 1 aliphatic rings. The van der Waals surface area contributed by atoms with Gasteiger partial charge in [0.15, 0.2) is 0 Å². The summed E-state index contributed by atoms with van der Waals surface area (Å²) in [6, 6.07) is 10.7. The monoisotopic (exact) mass is 459 g/mol. The van der Waals surface area contributed by atoms with Crippen LogP contribution in [0.1, 0.15) is 37.4 Å². The number of hydrogen-bond donors (Lipinski definition) is 0. The van der Waals surface area contributed by atoms with Crippen LogP contribution in [0.25, 0.3) is 6.08 Å². The number of sulfonamides is 1. The fraction of sp³-hybridized carbons (Fsp3) is 0.304. The van der Waals surface area contributed by atoms with E-state index in [4.69, 9.17) is 14.2 Å². The summed E-state index contributed by atoms with van der Waals surface area (Å²) in [5, 5.41) is 0. The number of fused-ring (bicyclic) bond motifs is 1. The first-order valence-corrected chi connectivity index (χ1v) is 11.6. The second-order valence-corrected chi connectivity index (χ2v) is 8.69. The highest BCUT2D eigenvalue weighted by Crippen LogP contribution is 2.45. The fourth-order valence-electron chi connectivity index (χ4n) is 3.54. The van der Waals surface area contributed by atoms with Gasteiger partial charge in [0.05, 0.1) is 43.4 Å². The lowest BCUT2D eigenvalue weighted by Crippen LogP contribution is -2.30. The SMILES string of the molecule is CCOC(=O)/C=C/c1ccc2c(c1)S(=O)(=O)N(c1cccc(OC)c1)[C@H]2CC(=O)OCC. The molecule has 0 N–H and O–H groups in total. The average Bonchev–Trinajstić information content (AvgIpc) is 2.98. The maximum atomic E-state index is 13.5. The number of ether oxygens (including phenoxy) is 3. The van der Waals surface area contributed by atoms with Gasteiger partial charge in [-0.2, -0.15) is 0 Å². The average molecular weight is 460 g/mol. The number of methoxy groups -OCH3 is 1. The molecule has 0 unspecified atom stereocenters. The van der Waals surface area contributed by atoms with E-state index in [-0.39, 0.29) is 24.5 Å². The van der Waals surface area contributed by atoms with E-state index in [0.29, 0.717) is 22.6 Å². The molecule has 0 spiro atoms. The van der Waals surface area contributed by atoms with Crippen molar-refractivity contribution in [2.45, 2.75) is 31.2 Å². The van der Waals surface area contributed by atoms with Crippen LogP contribution in [0.5, 0.6) is 5.75 Å². The Balaban J connectivity index is 2.07. The predicted octanol–water partition coefficient (Wildman–Crippen LogP) is 3.47. The number of rotatable bonds is 8. The normalized spacial score (nSPS) is 16.6. The highest BCUT2D eigenvalue weighted by molar-refractivity contribution is 7.93. The van der Waals surface area contributed by atoms with Crippen LogP contribution >= 0.6 is 0 Å². The van der Waals surface area contributed by atoms with E-state index in [0.717, 1.165) is 0 Å². The quantitative estimate of drug-likeness (QED) is 0.440. The van der Waals surface area contributed by atoms with Gasteiger partial charge in [-0.3, -0.25) is 9.10 Å². The molecule has 8 nitrogen and oxygen atoms in total. The Morgan fingerprint density at radius 3 is 2.50 bits per heavy atom. The van der Waals surface area contributed by atoms with Gasteiger partial charge >= 0.3 is 11.9 Å². The molecule has 0 saturated carbocycles. The molecule has 0 aromatic heterocycles. The summed E-state index contributed by atoms with van der Waals surface area (Å²) in [5.41, 5.74) is 1.37. The molecule has 1 aliphatic heterocycles. The van der Waals surface area contributed by atoms with E-state index >= 15 is 0 Å². The lowest BCUT2D eigenvalue weighted by atomic mass is 10.0. The van der Waals surface area contributed by atoms with Gasteiger partial charge in [0.25, 0.3) is 10.0 Å². The number of anilines is 1. The Kier molecular flexibility index (Phi) is 7.19. The van der Waals surface area contributed by atoms with Gasteiger partial charge in [0, 0.05) is 12.1 Å². The molecule has 3 rings (SSSR count). The highest BCUT2D eigenvalue weighted by atomic mass is 32.2. The molecule has 1 atom stereocenters. The third kappa shape index (κ3) is 4.77. The van der Waals surface area contributed by atoms with Crippen molar-refractivity contribution in [3.8, 4) is 5.75 Å². The molecule has 0 amide bonds. The smallest absolute Gasteiger partial charge is 0.330 e. The fourth-order valence-corrected chi connectivity index (χ4v) is 5.46. The summed E-state index contributed by atoms with van der Waals surface area (Å²) in [4.78, 5) is 24.0.